The van der Waals surface area contributed by atoms with Crippen LogP contribution in [0.25, 0.3) is 11.1 Å². The zero-order chi connectivity index (χ0) is 14.0. The highest BCUT2D eigenvalue weighted by atomic mass is 35.5. The molecule has 0 heterocycles. The second-order valence-electron chi connectivity index (χ2n) is 4.15. The molecule has 4 heteroatoms. The first kappa shape index (κ1) is 14.0. The Morgan fingerprint density at radius 1 is 0.895 bits per heavy atom. The third-order valence-electron chi connectivity index (χ3n) is 2.88. The molecular formula is C15H14Cl2O2. The smallest absolute Gasteiger partial charge is 0.141 e. The number of rotatable bonds is 3. The average Bonchev–Trinajstić information content (AvgIpc) is 2.39. The van der Waals surface area contributed by atoms with Gasteiger partial charge in [-0.3, -0.25) is 0 Å². The van der Waals surface area contributed by atoms with Gasteiger partial charge in [-0.1, -0.05) is 53.0 Å². The van der Waals surface area contributed by atoms with Crippen molar-refractivity contribution in [2.24, 2.45) is 0 Å². The normalized spacial score (nSPS) is 10.4. The molecule has 100 valence electrons. The van der Waals surface area contributed by atoms with Gasteiger partial charge in [-0.15, -0.1) is 0 Å². The summed E-state index contributed by atoms with van der Waals surface area (Å²) in [5.41, 5.74) is 2.79. The molecule has 0 radical (unpaired) electrons. The maximum atomic E-state index is 6.37. The van der Waals surface area contributed by atoms with E-state index in [1.54, 1.807) is 20.3 Å². The molecule has 0 atom stereocenters. The molecule has 2 aromatic rings. The largest absolute Gasteiger partial charge is 0.495 e. The molecule has 0 spiro atoms. The highest BCUT2D eigenvalue weighted by Crippen LogP contribution is 2.45. The number of benzene rings is 2. The molecule has 19 heavy (non-hydrogen) atoms. The number of hydrogen-bond acceptors (Lipinski definition) is 2. The fourth-order valence-electron chi connectivity index (χ4n) is 1.94. The first-order valence-electron chi connectivity index (χ1n) is 5.75. The Morgan fingerprint density at radius 2 is 1.47 bits per heavy atom. The van der Waals surface area contributed by atoms with Crippen LogP contribution in [0.2, 0.25) is 10.0 Å². The molecule has 0 unspecified atom stereocenters. The molecule has 0 N–H and O–H groups in total. The van der Waals surface area contributed by atoms with E-state index in [1.165, 1.54) is 0 Å². The number of hydrogen-bond donors (Lipinski definition) is 0. The molecule has 0 fully saturated rings. The van der Waals surface area contributed by atoms with Gasteiger partial charge in [0.15, 0.2) is 0 Å². The van der Waals surface area contributed by atoms with E-state index in [-0.39, 0.29) is 0 Å². The van der Waals surface area contributed by atoms with Gasteiger partial charge in [0, 0.05) is 11.6 Å². The van der Waals surface area contributed by atoms with Crippen LogP contribution in [0.3, 0.4) is 0 Å². The van der Waals surface area contributed by atoms with E-state index in [2.05, 4.69) is 0 Å². The van der Waals surface area contributed by atoms with Crippen molar-refractivity contribution in [3.8, 4) is 22.6 Å². The van der Waals surface area contributed by atoms with E-state index in [4.69, 9.17) is 32.7 Å². The van der Waals surface area contributed by atoms with E-state index in [0.29, 0.717) is 21.5 Å². The molecule has 2 aromatic carbocycles. The number of aryl methyl sites for hydroxylation is 1. The van der Waals surface area contributed by atoms with E-state index in [1.807, 2.05) is 31.2 Å². The monoisotopic (exact) mass is 296 g/mol. The summed E-state index contributed by atoms with van der Waals surface area (Å²) in [5.74, 6) is 1.08. The third kappa shape index (κ3) is 2.65. The molecule has 0 aliphatic carbocycles. The first-order chi connectivity index (χ1) is 9.08. The lowest BCUT2D eigenvalue weighted by Gasteiger charge is -2.15. The van der Waals surface area contributed by atoms with Crippen molar-refractivity contribution in [2.75, 3.05) is 14.2 Å². The van der Waals surface area contributed by atoms with Crippen LogP contribution < -0.4 is 9.47 Å². The highest BCUT2D eigenvalue weighted by Gasteiger charge is 2.18. The van der Waals surface area contributed by atoms with Crippen molar-refractivity contribution in [2.45, 2.75) is 6.92 Å². The van der Waals surface area contributed by atoms with Crippen LogP contribution in [0.15, 0.2) is 30.3 Å². The van der Waals surface area contributed by atoms with E-state index >= 15 is 0 Å². The van der Waals surface area contributed by atoms with Crippen molar-refractivity contribution >= 4 is 23.2 Å². The predicted octanol–water partition coefficient (Wildman–Crippen LogP) is 4.99. The molecule has 0 aliphatic rings. The number of halogens is 2. The number of ether oxygens (including phenoxy) is 2. The van der Waals surface area contributed by atoms with Gasteiger partial charge in [0.1, 0.15) is 11.5 Å². The Hall–Kier alpha value is -1.38. The molecule has 0 bridgehead atoms. The van der Waals surface area contributed by atoms with E-state index in [0.717, 1.165) is 16.7 Å². The lowest BCUT2D eigenvalue weighted by Crippen LogP contribution is -1.93. The summed E-state index contributed by atoms with van der Waals surface area (Å²) in [4.78, 5) is 0. The van der Waals surface area contributed by atoms with Crippen LogP contribution in [-0.2, 0) is 0 Å². The second-order valence-corrected chi connectivity index (χ2v) is 4.91. The summed E-state index contributed by atoms with van der Waals surface area (Å²) in [7, 11) is 3.13. The van der Waals surface area contributed by atoms with Crippen molar-refractivity contribution < 1.29 is 9.47 Å². The lowest BCUT2D eigenvalue weighted by molar-refractivity contribution is 0.395. The van der Waals surface area contributed by atoms with E-state index in [9.17, 15) is 0 Å². The SMILES string of the molecule is COc1cc(OC)c(Cl)c(-c2cccc(C)c2)c1Cl. The quantitative estimate of drug-likeness (QED) is 0.795. The molecule has 0 saturated carbocycles. The summed E-state index contributed by atoms with van der Waals surface area (Å²) in [6, 6.07) is 9.64. The van der Waals surface area contributed by atoms with E-state index < -0.39 is 0 Å². The number of methoxy groups -OCH3 is 2. The fraction of sp³-hybridized carbons (Fsp3) is 0.200. The van der Waals surface area contributed by atoms with Crippen LogP contribution in [0.4, 0.5) is 0 Å². The average molecular weight is 297 g/mol. The zero-order valence-corrected chi connectivity index (χ0v) is 12.5. The summed E-state index contributed by atoms with van der Waals surface area (Å²) in [6.07, 6.45) is 0. The standard InChI is InChI=1S/C15H14Cl2O2/c1-9-5-4-6-10(7-9)13-14(16)11(18-2)8-12(19-3)15(13)17/h4-8H,1-3H3. The third-order valence-corrected chi connectivity index (χ3v) is 3.63. The van der Waals surface area contributed by atoms with Crippen LogP contribution in [0, 0.1) is 6.92 Å². The van der Waals surface area contributed by atoms with Crippen LogP contribution in [0.1, 0.15) is 5.56 Å². The zero-order valence-electron chi connectivity index (χ0n) is 11.0. The molecule has 0 aromatic heterocycles. The van der Waals surface area contributed by atoms with Crippen molar-refractivity contribution in [3.05, 3.63) is 45.9 Å². The van der Waals surface area contributed by atoms with Gasteiger partial charge in [-0.05, 0) is 12.5 Å². The lowest BCUT2D eigenvalue weighted by atomic mass is 10.0. The van der Waals surface area contributed by atoms with Gasteiger partial charge in [-0.25, -0.2) is 0 Å². The Bertz CT molecular complexity index is 581. The minimum absolute atomic E-state index is 0.485. The van der Waals surface area contributed by atoms with Crippen molar-refractivity contribution in [3.63, 3.8) is 0 Å². The summed E-state index contributed by atoms with van der Waals surface area (Å²) in [6.45, 7) is 2.02. The van der Waals surface area contributed by atoms with Crippen LogP contribution in [-0.4, -0.2) is 14.2 Å². The Balaban J connectivity index is 2.74. The summed E-state index contributed by atoms with van der Waals surface area (Å²) >= 11 is 12.7. The molecule has 0 aliphatic heterocycles. The Morgan fingerprint density at radius 3 is 1.95 bits per heavy atom. The minimum Gasteiger partial charge on any atom is -0.495 e. The van der Waals surface area contributed by atoms with Crippen molar-refractivity contribution in [1.82, 2.24) is 0 Å². The van der Waals surface area contributed by atoms with Crippen LogP contribution in [0.5, 0.6) is 11.5 Å². The first-order valence-corrected chi connectivity index (χ1v) is 6.51. The highest BCUT2D eigenvalue weighted by molar-refractivity contribution is 6.41. The minimum atomic E-state index is 0.485. The molecule has 2 nitrogen and oxygen atoms in total. The van der Waals surface area contributed by atoms with Gasteiger partial charge in [0.2, 0.25) is 0 Å². The van der Waals surface area contributed by atoms with Gasteiger partial charge in [-0.2, -0.15) is 0 Å². The predicted molar refractivity (Wildman–Crippen MR) is 79.7 cm³/mol. The second kappa shape index (κ2) is 5.72. The Kier molecular flexibility index (Phi) is 4.23. The van der Waals surface area contributed by atoms with Gasteiger partial charge in [0.25, 0.3) is 0 Å². The summed E-state index contributed by atoms with van der Waals surface area (Å²) < 4.78 is 10.5. The van der Waals surface area contributed by atoms with Gasteiger partial charge >= 0.3 is 0 Å². The Labute approximate surface area is 122 Å². The maximum absolute atomic E-state index is 6.37. The molecule has 0 amide bonds. The van der Waals surface area contributed by atoms with Gasteiger partial charge in [0.05, 0.1) is 24.3 Å². The maximum Gasteiger partial charge on any atom is 0.141 e. The topological polar surface area (TPSA) is 18.5 Å². The molecular weight excluding hydrogens is 283 g/mol. The van der Waals surface area contributed by atoms with Gasteiger partial charge < -0.3 is 9.47 Å². The van der Waals surface area contributed by atoms with Crippen LogP contribution >= 0.6 is 23.2 Å². The molecule has 2 rings (SSSR count). The molecule has 0 saturated heterocycles. The summed E-state index contributed by atoms with van der Waals surface area (Å²) in [5, 5.41) is 0.970. The van der Waals surface area contributed by atoms with Crippen molar-refractivity contribution in [1.29, 1.82) is 0 Å². The fourth-order valence-corrected chi connectivity index (χ4v) is 2.66.